The Hall–Kier alpha value is -1.27. The van der Waals surface area contributed by atoms with Crippen LogP contribution in [0.1, 0.15) is 32.3 Å². The lowest BCUT2D eigenvalue weighted by Gasteiger charge is -2.35. The smallest absolute Gasteiger partial charge is 0.191 e. The summed E-state index contributed by atoms with van der Waals surface area (Å²) in [7, 11) is 3.50. The Kier molecular flexibility index (Phi) is 7.37. The first-order chi connectivity index (χ1) is 11.5. The van der Waals surface area contributed by atoms with Gasteiger partial charge in [-0.1, -0.05) is 6.07 Å². The summed E-state index contributed by atoms with van der Waals surface area (Å²) in [5.74, 6) is 1.71. The number of rotatable bonds is 5. The van der Waals surface area contributed by atoms with E-state index in [0.717, 1.165) is 48.7 Å². The van der Waals surface area contributed by atoms with E-state index < -0.39 is 0 Å². The van der Waals surface area contributed by atoms with Crippen molar-refractivity contribution in [1.82, 2.24) is 15.5 Å². The maximum absolute atomic E-state index is 5.27. The van der Waals surface area contributed by atoms with Gasteiger partial charge in [-0.15, -0.1) is 0 Å². The van der Waals surface area contributed by atoms with Crippen molar-refractivity contribution in [3.05, 3.63) is 28.2 Å². The molecule has 0 aromatic heterocycles. The van der Waals surface area contributed by atoms with Crippen LogP contribution in [-0.4, -0.2) is 50.2 Å². The molecule has 1 aliphatic heterocycles. The molecule has 0 spiro atoms. The molecule has 24 heavy (non-hydrogen) atoms. The zero-order valence-electron chi connectivity index (χ0n) is 15.1. The number of ether oxygens (including phenoxy) is 1. The van der Waals surface area contributed by atoms with E-state index in [2.05, 4.69) is 62.4 Å². The molecule has 0 unspecified atom stereocenters. The zero-order chi connectivity index (χ0) is 17.5. The number of benzene rings is 1. The lowest BCUT2D eigenvalue weighted by atomic mass is 10.0. The quantitative estimate of drug-likeness (QED) is 0.593. The number of guanidine groups is 1. The van der Waals surface area contributed by atoms with Crippen molar-refractivity contribution in [2.24, 2.45) is 4.99 Å². The first kappa shape index (κ1) is 19.1. The van der Waals surface area contributed by atoms with Crippen LogP contribution in [0.2, 0.25) is 0 Å². The molecular weight excluding hydrogens is 368 g/mol. The van der Waals surface area contributed by atoms with Crippen LogP contribution >= 0.6 is 15.9 Å². The molecule has 1 aliphatic rings. The van der Waals surface area contributed by atoms with Gasteiger partial charge in [0, 0.05) is 38.8 Å². The van der Waals surface area contributed by atoms with E-state index >= 15 is 0 Å². The molecule has 2 N–H and O–H groups in total. The Morgan fingerprint density at radius 1 is 1.38 bits per heavy atom. The molecule has 134 valence electrons. The molecule has 1 saturated heterocycles. The predicted octanol–water partition coefficient (Wildman–Crippen LogP) is 3.00. The fourth-order valence-electron chi connectivity index (χ4n) is 2.95. The number of piperidine rings is 1. The van der Waals surface area contributed by atoms with Gasteiger partial charge in [0.25, 0.3) is 0 Å². The summed E-state index contributed by atoms with van der Waals surface area (Å²) in [5, 5.41) is 6.94. The van der Waals surface area contributed by atoms with Crippen molar-refractivity contribution < 1.29 is 4.74 Å². The van der Waals surface area contributed by atoms with Crippen molar-refractivity contribution in [3.8, 4) is 5.75 Å². The first-order valence-electron chi connectivity index (χ1n) is 8.57. The van der Waals surface area contributed by atoms with Gasteiger partial charge in [-0.05, 0) is 60.3 Å². The fraction of sp³-hybridized carbons (Fsp3) is 0.611. The molecule has 1 fully saturated rings. The van der Waals surface area contributed by atoms with Gasteiger partial charge >= 0.3 is 0 Å². The minimum Gasteiger partial charge on any atom is -0.496 e. The molecule has 0 aliphatic carbocycles. The van der Waals surface area contributed by atoms with E-state index in [9.17, 15) is 0 Å². The second-order valence-electron chi connectivity index (χ2n) is 6.44. The monoisotopic (exact) mass is 396 g/mol. The summed E-state index contributed by atoms with van der Waals surface area (Å²) in [6, 6.07) is 7.23. The number of likely N-dealkylation sites (tertiary alicyclic amines) is 1. The van der Waals surface area contributed by atoms with Gasteiger partial charge in [0.1, 0.15) is 5.75 Å². The van der Waals surface area contributed by atoms with Crippen LogP contribution in [0.5, 0.6) is 5.75 Å². The Labute approximate surface area is 154 Å². The number of nitrogens with zero attached hydrogens (tertiary/aromatic N) is 2. The summed E-state index contributed by atoms with van der Waals surface area (Å²) in [4.78, 5) is 6.88. The molecule has 5 nitrogen and oxygen atoms in total. The van der Waals surface area contributed by atoms with Crippen LogP contribution in [0.25, 0.3) is 0 Å². The molecule has 0 amide bonds. The van der Waals surface area contributed by atoms with E-state index in [1.807, 2.05) is 13.1 Å². The molecule has 1 heterocycles. The molecular formula is C18H29BrN4O. The minimum absolute atomic E-state index is 0.494. The predicted molar refractivity (Wildman–Crippen MR) is 104 cm³/mol. The van der Waals surface area contributed by atoms with Crippen LogP contribution in [0.15, 0.2) is 27.7 Å². The number of methoxy groups -OCH3 is 1. The summed E-state index contributed by atoms with van der Waals surface area (Å²) >= 11 is 3.52. The van der Waals surface area contributed by atoms with E-state index in [1.54, 1.807) is 7.11 Å². The molecule has 0 radical (unpaired) electrons. The maximum atomic E-state index is 5.27. The van der Waals surface area contributed by atoms with Gasteiger partial charge in [0.15, 0.2) is 5.96 Å². The Balaban J connectivity index is 1.82. The number of hydrogen-bond acceptors (Lipinski definition) is 3. The number of hydrogen-bond donors (Lipinski definition) is 2. The minimum atomic E-state index is 0.494. The summed E-state index contributed by atoms with van der Waals surface area (Å²) in [6.45, 7) is 7.56. The second-order valence-corrected chi connectivity index (χ2v) is 7.30. The van der Waals surface area contributed by atoms with Gasteiger partial charge in [-0.3, -0.25) is 4.99 Å². The van der Waals surface area contributed by atoms with E-state index in [-0.39, 0.29) is 0 Å². The third kappa shape index (κ3) is 5.38. The van der Waals surface area contributed by atoms with Crippen LogP contribution in [-0.2, 0) is 6.54 Å². The highest BCUT2D eigenvalue weighted by Gasteiger charge is 2.21. The molecule has 0 bridgehead atoms. The average Bonchev–Trinajstić information content (AvgIpc) is 2.59. The van der Waals surface area contributed by atoms with Gasteiger partial charge in [0.05, 0.1) is 11.6 Å². The highest BCUT2D eigenvalue weighted by atomic mass is 79.9. The van der Waals surface area contributed by atoms with Crippen molar-refractivity contribution in [3.63, 3.8) is 0 Å². The van der Waals surface area contributed by atoms with Crippen LogP contribution in [0.4, 0.5) is 0 Å². The third-order valence-corrected chi connectivity index (χ3v) is 5.12. The highest BCUT2D eigenvalue weighted by Crippen LogP contribution is 2.25. The van der Waals surface area contributed by atoms with E-state index in [4.69, 9.17) is 4.74 Å². The van der Waals surface area contributed by atoms with Gasteiger partial charge in [-0.25, -0.2) is 0 Å². The van der Waals surface area contributed by atoms with Gasteiger partial charge < -0.3 is 20.3 Å². The van der Waals surface area contributed by atoms with Crippen molar-refractivity contribution in [2.75, 3.05) is 27.2 Å². The van der Waals surface area contributed by atoms with Crippen LogP contribution in [0, 0.1) is 0 Å². The number of aliphatic imine (C=N–C) groups is 1. The molecule has 1 aromatic rings. The fourth-order valence-corrected chi connectivity index (χ4v) is 3.54. The van der Waals surface area contributed by atoms with Gasteiger partial charge in [0.2, 0.25) is 0 Å². The summed E-state index contributed by atoms with van der Waals surface area (Å²) in [6.07, 6.45) is 2.32. The van der Waals surface area contributed by atoms with Crippen LogP contribution < -0.4 is 15.4 Å². The lowest BCUT2D eigenvalue weighted by Crippen LogP contribution is -2.49. The Morgan fingerprint density at radius 3 is 2.62 bits per heavy atom. The second kappa shape index (κ2) is 9.28. The summed E-state index contributed by atoms with van der Waals surface area (Å²) in [5.41, 5.74) is 1.18. The maximum Gasteiger partial charge on any atom is 0.191 e. The molecule has 2 rings (SSSR count). The van der Waals surface area contributed by atoms with Crippen molar-refractivity contribution in [2.45, 2.75) is 45.3 Å². The average molecular weight is 397 g/mol. The standard InChI is InChI=1S/C18H29BrN4O/c1-13(2)23-9-7-15(8-10-23)22-18(20-3)21-12-14-5-6-17(24-4)16(19)11-14/h5-6,11,13,15H,7-10,12H2,1-4H3,(H2,20,21,22). The topological polar surface area (TPSA) is 48.9 Å². The first-order valence-corrected chi connectivity index (χ1v) is 9.36. The Morgan fingerprint density at radius 2 is 2.08 bits per heavy atom. The molecule has 0 saturated carbocycles. The molecule has 1 aromatic carbocycles. The summed E-state index contributed by atoms with van der Waals surface area (Å²) < 4.78 is 6.23. The van der Waals surface area contributed by atoms with E-state index in [1.165, 1.54) is 5.56 Å². The number of nitrogens with one attached hydrogen (secondary N) is 2. The van der Waals surface area contributed by atoms with Crippen LogP contribution in [0.3, 0.4) is 0 Å². The SMILES string of the molecule is CN=C(NCc1ccc(OC)c(Br)c1)NC1CCN(C(C)C)CC1. The molecule has 0 atom stereocenters. The van der Waals surface area contributed by atoms with Crippen molar-refractivity contribution in [1.29, 1.82) is 0 Å². The Bertz CT molecular complexity index is 554. The zero-order valence-corrected chi connectivity index (χ0v) is 16.7. The lowest BCUT2D eigenvalue weighted by molar-refractivity contribution is 0.167. The van der Waals surface area contributed by atoms with Gasteiger partial charge in [-0.2, -0.15) is 0 Å². The normalized spacial score (nSPS) is 17.2. The van der Waals surface area contributed by atoms with E-state index in [0.29, 0.717) is 12.1 Å². The highest BCUT2D eigenvalue weighted by molar-refractivity contribution is 9.10. The third-order valence-electron chi connectivity index (χ3n) is 4.50. The number of halogens is 1. The molecule has 6 heteroatoms. The largest absolute Gasteiger partial charge is 0.496 e. The van der Waals surface area contributed by atoms with Crippen molar-refractivity contribution >= 4 is 21.9 Å².